The quantitative estimate of drug-likeness (QED) is 0.639. The van der Waals surface area contributed by atoms with Crippen LogP contribution in [0.5, 0.6) is 5.75 Å². The zero-order valence-electron chi connectivity index (χ0n) is 8.60. The Labute approximate surface area is 88.7 Å². The van der Waals surface area contributed by atoms with Crippen LogP contribution in [0.4, 0.5) is 0 Å². The highest BCUT2D eigenvalue weighted by Gasteiger charge is 2.03. The van der Waals surface area contributed by atoms with E-state index in [1.165, 1.54) is 11.1 Å². The average molecular weight is 206 g/mol. The normalized spacial score (nSPS) is 12.3. The van der Waals surface area contributed by atoms with E-state index in [9.17, 15) is 0 Å². The van der Waals surface area contributed by atoms with Gasteiger partial charge in [-0.1, -0.05) is 18.2 Å². The number of benzene rings is 1. The van der Waals surface area contributed by atoms with E-state index in [0.717, 1.165) is 19.8 Å². The summed E-state index contributed by atoms with van der Waals surface area (Å²) in [5.41, 5.74) is 2.60. The second-order valence-corrected chi connectivity index (χ2v) is 3.35. The van der Waals surface area contributed by atoms with Gasteiger partial charge >= 0.3 is 0 Å². The SMILES string of the molecule is CC(=O)O.Oc1ccc2c(c1)CC=CC2. The van der Waals surface area contributed by atoms with Crippen LogP contribution in [0.2, 0.25) is 0 Å². The Morgan fingerprint density at radius 2 is 1.73 bits per heavy atom. The standard InChI is InChI=1S/C10H10O.C2H4O2/c11-10-6-5-8-3-1-2-4-9(8)7-10;1-2(3)4/h1-2,5-7,11H,3-4H2;1H3,(H,3,4). The van der Waals surface area contributed by atoms with E-state index < -0.39 is 5.97 Å². The first-order chi connectivity index (χ1) is 7.09. The number of rotatable bonds is 0. The summed E-state index contributed by atoms with van der Waals surface area (Å²) < 4.78 is 0. The van der Waals surface area contributed by atoms with Crippen molar-refractivity contribution in [3.63, 3.8) is 0 Å². The first-order valence-electron chi connectivity index (χ1n) is 4.75. The highest BCUT2D eigenvalue weighted by molar-refractivity contribution is 5.62. The number of hydrogen-bond donors (Lipinski definition) is 2. The minimum absolute atomic E-state index is 0.374. The van der Waals surface area contributed by atoms with Crippen molar-refractivity contribution in [3.05, 3.63) is 41.5 Å². The molecule has 2 N–H and O–H groups in total. The molecule has 1 aliphatic carbocycles. The molecule has 0 fully saturated rings. The topological polar surface area (TPSA) is 57.5 Å². The number of allylic oxidation sites excluding steroid dienone is 2. The molecule has 1 aromatic carbocycles. The largest absolute Gasteiger partial charge is 0.508 e. The second-order valence-electron chi connectivity index (χ2n) is 3.35. The van der Waals surface area contributed by atoms with Crippen LogP contribution in [0.15, 0.2) is 30.4 Å². The lowest BCUT2D eigenvalue weighted by atomic mass is 9.97. The molecule has 0 heterocycles. The Kier molecular flexibility index (Phi) is 3.92. The van der Waals surface area contributed by atoms with Gasteiger partial charge in [0.15, 0.2) is 0 Å². The minimum Gasteiger partial charge on any atom is -0.508 e. The Morgan fingerprint density at radius 1 is 1.20 bits per heavy atom. The molecule has 0 amide bonds. The predicted molar refractivity (Wildman–Crippen MR) is 58.0 cm³/mol. The fourth-order valence-electron chi connectivity index (χ4n) is 1.42. The van der Waals surface area contributed by atoms with Crippen LogP contribution in [0, 0.1) is 0 Å². The van der Waals surface area contributed by atoms with Crippen molar-refractivity contribution in [1.29, 1.82) is 0 Å². The summed E-state index contributed by atoms with van der Waals surface area (Å²) in [5, 5.41) is 16.6. The lowest BCUT2D eigenvalue weighted by molar-refractivity contribution is -0.134. The van der Waals surface area contributed by atoms with Crippen LogP contribution in [0.1, 0.15) is 18.1 Å². The van der Waals surface area contributed by atoms with Gasteiger partial charge in [0.1, 0.15) is 5.75 Å². The zero-order valence-corrected chi connectivity index (χ0v) is 8.60. The zero-order chi connectivity index (χ0) is 11.3. The van der Waals surface area contributed by atoms with Crippen LogP contribution < -0.4 is 0 Å². The van der Waals surface area contributed by atoms with E-state index >= 15 is 0 Å². The molecule has 0 unspecified atom stereocenters. The molecule has 0 saturated heterocycles. The third kappa shape index (κ3) is 3.85. The molecule has 15 heavy (non-hydrogen) atoms. The summed E-state index contributed by atoms with van der Waals surface area (Å²) in [6, 6.07) is 5.59. The molecule has 0 radical (unpaired) electrons. The van der Waals surface area contributed by atoms with Crippen molar-refractivity contribution in [2.45, 2.75) is 19.8 Å². The van der Waals surface area contributed by atoms with Gasteiger partial charge in [-0.05, 0) is 36.1 Å². The molecule has 0 aromatic heterocycles. The fourth-order valence-corrected chi connectivity index (χ4v) is 1.42. The highest BCUT2D eigenvalue weighted by Crippen LogP contribution is 2.20. The molecular formula is C12H14O3. The van der Waals surface area contributed by atoms with Gasteiger partial charge in [0.05, 0.1) is 0 Å². The molecule has 2 rings (SSSR count). The van der Waals surface area contributed by atoms with Crippen molar-refractivity contribution in [1.82, 2.24) is 0 Å². The molecule has 0 spiro atoms. The second kappa shape index (κ2) is 5.20. The fraction of sp³-hybridized carbons (Fsp3) is 0.250. The number of carboxylic acids is 1. The number of aromatic hydroxyl groups is 1. The van der Waals surface area contributed by atoms with Gasteiger partial charge in [-0.3, -0.25) is 4.79 Å². The van der Waals surface area contributed by atoms with E-state index in [0.29, 0.717) is 5.75 Å². The maximum absolute atomic E-state index is 9.16. The van der Waals surface area contributed by atoms with E-state index in [2.05, 4.69) is 12.2 Å². The lowest BCUT2D eigenvalue weighted by Gasteiger charge is -2.09. The Morgan fingerprint density at radius 3 is 2.33 bits per heavy atom. The summed E-state index contributed by atoms with van der Waals surface area (Å²) in [6.07, 6.45) is 6.28. The molecule has 1 aromatic rings. The van der Waals surface area contributed by atoms with Crippen molar-refractivity contribution in [2.75, 3.05) is 0 Å². The van der Waals surface area contributed by atoms with E-state index in [-0.39, 0.29) is 0 Å². The molecule has 0 atom stereocenters. The maximum Gasteiger partial charge on any atom is 0.300 e. The number of phenolic OH excluding ortho intramolecular Hbond substituents is 1. The van der Waals surface area contributed by atoms with Crippen LogP contribution in [-0.4, -0.2) is 16.2 Å². The first-order valence-corrected chi connectivity index (χ1v) is 4.75. The van der Waals surface area contributed by atoms with Gasteiger partial charge in [-0.15, -0.1) is 0 Å². The van der Waals surface area contributed by atoms with Gasteiger partial charge < -0.3 is 10.2 Å². The first kappa shape index (κ1) is 11.3. The molecular weight excluding hydrogens is 192 g/mol. The van der Waals surface area contributed by atoms with Crippen molar-refractivity contribution in [3.8, 4) is 5.75 Å². The number of carbonyl (C=O) groups is 1. The van der Waals surface area contributed by atoms with Crippen molar-refractivity contribution >= 4 is 5.97 Å². The van der Waals surface area contributed by atoms with Gasteiger partial charge in [0, 0.05) is 6.92 Å². The highest BCUT2D eigenvalue weighted by atomic mass is 16.4. The van der Waals surface area contributed by atoms with Crippen LogP contribution in [0.25, 0.3) is 0 Å². The Balaban J connectivity index is 0.000000245. The lowest BCUT2D eigenvalue weighted by Crippen LogP contribution is -1.95. The van der Waals surface area contributed by atoms with E-state index in [4.69, 9.17) is 15.0 Å². The Hall–Kier alpha value is -1.77. The molecule has 3 heteroatoms. The summed E-state index contributed by atoms with van der Waals surface area (Å²) in [5.74, 6) is -0.459. The molecule has 0 saturated carbocycles. The van der Waals surface area contributed by atoms with Crippen molar-refractivity contribution < 1.29 is 15.0 Å². The molecule has 1 aliphatic rings. The Bertz CT molecular complexity index is 376. The number of fused-ring (bicyclic) bond motifs is 1. The number of carboxylic acid groups (broad SMARTS) is 1. The average Bonchev–Trinajstić information content (AvgIpc) is 2.16. The number of aliphatic carboxylic acids is 1. The van der Waals surface area contributed by atoms with Gasteiger partial charge in [-0.25, -0.2) is 0 Å². The van der Waals surface area contributed by atoms with Crippen LogP contribution in [-0.2, 0) is 17.6 Å². The summed E-state index contributed by atoms with van der Waals surface area (Å²) in [6.45, 7) is 1.08. The number of hydrogen-bond acceptors (Lipinski definition) is 2. The third-order valence-corrected chi connectivity index (χ3v) is 2.03. The third-order valence-electron chi connectivity index (χ3n) is 2.03. The molecule has 0 aliphatic heterocycles. The van der Waals surface area contributed by atoms with E-state index in [1.807, 2.05) is 12.1 Å². The van der Waals surface area contributed by atoms with Gasteiger partial charge in [0.2, 0.25) is 0 Å². The summed E-state index contributed by atoms with van der Waals surface area (Å²) >= 11 is 0. The van der Waals surface area contributed by atoms with Crippen molar-refractivity contribution in [2.24, 2.45) is 0 Å². The van der Waals surface area contributed by atoms with Gasteiger partial charge in [0.25, 0.3) is 5.97 Å². The maximum atomic E-state index is 9.16. The minimum atomic E-state index is -0.833. The summed E-state index contributed by atoms with van der Waals surface area (Å²) in [4.78, 5) is 9.00. The number of phenols is 1. The summed E-state index contributed by atoms with van der Waals surface area (Å²) in [7, 11) is 0. The van der Waals surface area contributed by atoms with Crippen LogP contribution in [0.3, 0.4) is 0 Å². The predicted octanol–water partition coefficient (Wildman–Crippen LogP) is 2.14. The molecule has 0 bridgehead atoms. The molecule has 80 valence electrons. The van der Waals surface area contributed by atoms with Gasteiger partial charge in [-0.2, -0.15) is 0 Å². The van der Waals surface area contributed by atoms with E-state index in [1.54, 1.807) is 6.07 Å². The molecule has 3 nitrogen and oxygen atoms in total. The van der Waals surface area contributed by atoms with Crippen LogP contribution >= 0.6 is 0 Å². The monoisotopic (exact) mass is 206 g/mol. The smallest absolute Gasteiger partial charge is 0.300 e.